The summed E-state index contributed by atoms with van der Waals surface area (Å²) in [4.78, 5) is 13.3. The first-order chi connectivity index (χ1) is 8.37. The molecule has 0 saturated heterocycles. The fraction of sp³-hybridized carbons (Fsp3) is 0.462. The SMILES string of the molecule is CCN(CC)C(C)(C(=O)O)c1ccc(Br)cc1F. The number of carboxylic acids is 1. The van der Waals surface area contributed by atoms with Gasteiger partial charge < -0.3 is 5.11 Å². The average molecular weight is 318 g/mol. The Morgan fingerprint density at radius 2 is 2.00 bits per heavy atom. The van der Waals surface area contributed by atoms with Gasteiger partial charge in [-0.25, -0.2) is 9.18 Å². The maximum Gasteiger partial charge on any atom is 0.328 e. The molecule has 0 heterocycles. The third-order valence-corrected chi connectivity index (χ3v) is 3.76. The molecule has 18 heavy (non-hydrogen) atoms. The van der Waals surface area contributed by atoms with Crippen molar-refractivity contribution in [3.63, 3.8) is 0 Å². The summed E-state index contributed by atoms with van der Waals surface area (Å²) in [5, 5.41) is 9.49. The van der Waals surface area contributed by atoms with E-state index in [0.29, 0.717) is 17.6 Å². The van der Waals surface area contributed by atoms with Gasteiger partial charge in [-0.2, -0.15) is 0 Å². The maximum absolute atomic E-state index is 14.0. The molecule has 100 valence electrons. The summed E-state index contributed by atoms with van der Waals surface area (Å²) in [5.41, 5.74) is -1.17. The fourth-order valence-electron chi connectivity index (χ4n) is 2.16. The number of hydrogen-bond acceptors (Lipinski definition) is 2. The quantitative estimate of drug-likeness (QED) is 0.906. The van der Waals surface area contributed by atoms with E-state index in [1.807, 2.05) is 13.8 Å². The highest BCUT2D eigenvalue weighted by atomic mass is 79.9. The predicted octanol–water partition coefficient (Wildman–Crippen LogP) is 3.23. The maximum atomic E-state index is 14.0. The summed E-state index contributed by atoms with van der Waals surface area (Å²) >= 11 is 3.17. The van der Waals surface area contributed by atoms with Gasteiger partial charge in [-0.05, 0) is 32.1 Å². The normalized spacial score (nSPS) is 14.6. The van der Waals surface area contributed by atoms with Crippen molar-refractivity contribution in [3.8, 4) is 0 Å². The standard InChI is InChI=1S/C13H17BrFNO2/c1-4-16(5-2)13(3,12(17)18)10-7-6-9(14)8-11(10)15/h6-8H,4-5H2,1-3H3,(H,17,18). The lowest BCUT2D eigenvalue weighted by Crippen LogP contribution is -2.50. The summed E-state index contributed by atoms with van der Waals surface area (Å²) in [6.45, 7) is 6.33. The molecule has 0 aliphatic heterocycles. The first-order valence-electron chi connectivity index (χ1n) is 5.81. The van der Waals surface area contributed by atoms with E-state index >= 15 is 0 Å². The molecule has 1 N–H and O–H groups in total. The third kappa shape index (κ3) is 2.57. The van der Waals surface area contributed by atoms with Crippen LogP contribution in [0.4, 0.5) is 4.39 Å². The minimum absolute atomic E-state index is 0.182. The summed E-state index contributed by atoms with van der Waals surface area (Å²) in [7, 11) is 0. The van der Waals surface area contributed by atoms with Gasteiger partial charge in [0, 0.05) is 10.0 Å². The average Bonchev–Trinajstić information content (AvgIpc) is 2.29. The van der Waals surface area contributed by atoms with Crippen LogP contribution in [0.1, 0.15) is 26.3 Å². The van der Waals surface area contributed by atoms with Gasteiger partial charge in [-0.15, -0.1) is 0 Å². The second-order valence-corrected chi connectivity index (χ2v) is 5.09. The van der Waals surface area contributed by atoms with Crippen LogP contribution in [-0.2, 0) is 10.3 Å². The van der Waals surface area contributed by atoms with Gasteiger partial charge in [-0.3, -0.25) is 4.90 Å². The van der Waals surface area contributed by atoms with Crippen molar-refractivity contribution in [1.82, 2.24) is 4.90 Å². The fourth-order valence-corrected chi connectivity index (χ4v) is 2.49. The molecule has 1 aromatic rings. The largest absolute Gasteiger partial charge is 0.480 e. The Hall–Kier alpha value is -0.940. The van der Waals surface area contributed by atoms with E-state index in [1.165, 1.54) is 19.1 Å². The molecule has 1 atom stereocenters. The van der Waals surface area contributed by atoms with Crippen LogP contribution in [0.3, 0.4) is 0 Å². The molecular weight excluding hydrogens is 301 g/mol. The highest BCUT2D eigenvalue weighted by Crippen LogP contribution is 2.31. The zero-order valence-electron chi connectivity index (χ0n) is 10.7. The molecule has 1 aromatic carbocycles. The van der Waals surface area contributed by atoms with Crippen molar-refractivity contribution >= 4 is 21.9 Å². The number of aliphatic carboxylic acids is 1. The lowest BCUT2D eigenvalue weighted by atomic mass is 9.89. The van der Waals surface area contributed by atoms with E-state index in [0.717, 1.165) is 0 Å². The molecule has 0 aliphatic rings. The van der Waals surface area contributed by atoms with Crippen molar-refractivity contribution in [2.45, 2.75) is 26.3 Å². The Kier molecular flexibility index (Phi) is 4.87. The summed E-state index contributed by atoms with van der Waals surface area (Å²) in [6, 6.07) is 4.47. The minimum atomic E-state index is -1.35. The molecule has 0 radical (unpaired) electrons. The molecular formula is C13H17BrFNO2. The number of nitrogens with zero attached hydrogens (tertiary/aromatic N) is 1. The van der Waals surface area contributed by atoms with Gasteiger partial charge in [0.05, 0.1) is 0 Å². The van der Waals surface area contributed by atoms with Crippen LogP contribution in [0.15, 0.2) is 22.7 Å². The molecule has 0 spiro atoms. The van der Waals surface area contributed by atoms with Gasteiger partial charge in [0.2, 0.25) is 0 Å². The molecule has 0 bridgehead atoms. The third-order valence-electron chi connectivity index (χ3n) is 3.27. The smallest absolute Gasteiger partial charge is 0.328 e. The van der Waals surface area contributed by atoms with Crippen LogP contribution in [-0.4, -0.2) is 29.1 Å². The molecule has 5 heteroatoms. The first kappa shape index (κ1) is 15.1. The van der Waals surface area contributed by atoms with Crippen LogP contribution in [0.2, 0.25) is 0 Å². The lowest BCUT2D eigenvalue weighted by molar-refractivity contribution is -0.151. The second-order valence-electron chi connectivity index (χ2n) is 4.17. The monoisotopic (exact) mass is 317 g/mol. The number of carbonyl (C=O) groups is 1. The summed E-state index contributed by atoms with van der Waals surface area (Å²) in [6.07, 6.45) is 0. The molecule has 0 fully saturated rings. The molecule has 0 saturated carbocycles. The highest BCUT2D eigenvalue weighted by Gasteiger charge is 2.41. The predicted molar refractivity (Wildman–Crippen MR) is 72.0 cm³/mol. The van der Waals surface area contributed by atoms with Gasteiger partial charge in [0.15, 0.2) is 0 Å². The molecule has 0 amide bonds. The molecule has 0 aliphatic carbocycles. The van der Waals surface area contributed by atoms with Crippen LogP contribution in [0.25, 0.3) is 0 Å². The topological polar surface area (TPSA) is 40.5 Å². The molecule has 3 nitrogen and oxygen atoms in total. The first-order valence-corrected chi connectivity index (χ1v) is 6.61. The van der Waals surface area contributed by atoms with E-state index in [9.17, 15) is 14.3 Å². The molecule has 1 unspecified atom stereocenters. The van der Waals surface area contributed by atoms with E-state index in [1.54, 1.807) is 11.0 Å². The molecule has 0 aromatic heterocycles. The van der Waals surface area contributed by atoms with Crippen LogP contribution in [0, 0.1) is 5.82 Å². The number of hydrogen-bond donors (Lipinski definition) is 1. The second kappa shape index (κ2) is 5.80. The highest BCUT2D eigenvalue weighted by molar-refractivity contribution is 9.10. The van der Waals surface area contributed by atoms with E-state index in [-0.39, 0.29) is 5.56 Å². The van der Waals surface area contributed by atoms with E-state index < -0.39 is 17.3 Å². The van der Waals surface area contributed by atoms with Crippen molar-refractivity contribution in [3.05, 3.63) is 34.1 Å². The summed E-state index contributed by atoms with van der Waals surface area (Å²) in [5.74, 6) is -1.56. The van der Waals surface area contributed by atoms with E-state index in [2.05, 4.69) is 15.9 Å². The Morgan fingerprint density at radius 1 is 1.44 bits per heavy atom. The zero-order valence-corrected chi connectivity index (χ0v) is 12.3. The summed E-state index contributed by atoms with van der Waals surface area (Å²) < 4.78 is 14.6. The van der Waals surface area contributed by atoms with Gasteiger partial charge in [0.1, 0.15) is 11.4 Å². The Morgan fingerprint density at radius 3 is 2.39 bits per heavy atom. The van der Waals surface area contributed by atoms with E-state index in [4.69, 9.17) is 0 Å². The van der Waals surface area contributed by atoms with Crippen LogP contribution < -0.4 is 0 Å². The number of halogens is 2. The Labute approximate surface area is 115 Å². The van der Waals surface area contributed by atoms with Gasteiger partial charge in [0.25, 0.3) is 0 Å². The Balaban J connectivity index is 3.40. The van der Waals surface area contributed by atoms with Crippen molar-refractivity contribution in [2.75, 3.05) is 13.1 Å². The number of benzene rings is 1. The van der Waals surface area contributed by atoms with Crippen LogP contribution >= 0.6 is 15.9 Å². The number of rotatable bonds is 5. The van der Waals surface area contributed by atoms with Gasteiger partial charge >= 0.3 is 5.97 Å². The van der Waals surface area contributed by atoms with Crippen molar-refractivity contribution < 1.29 is 14.3 Å². The Bertz CT molecular complexity index is 449. The van der Waals surface area contributed by atoms with Crippen molar-refractivity contribution in [1.29, 1.82) is 0 Å². The van der Waals surface area contributed by atoms with Crippen molar-refractivity contribution in [2.24, 2.45) is 0 Å². The minimum Gasteiger partial charge on any atom is -0.480 e. The zero-order chi connectivity index (χ0) is 13.9. The number of carboxylic acid groups (broad SMARTS) is 1. The van der Waals surface area contributed by atoms with Gasteiger partial charge in [-0.1, -0.05) is 35.8 Å². The molecule has 1 rings (SSSR count). The lowest BCUT2D eigenvalue weighted by Gasteiger charge is -2.37. The van der Waals surface area contributed by atoms with Crippen LogP contribution in [0.5, 0.6) is 0 Å². The number of likely N-dealkylation sites (N-methyl/N-ethyl adjacent to an activating group) is 1.